The molecule has 0 radical (unpaired) electrons. The molecule has 0 aromatic carbocycles. The zero-order chi connectivity index (χ0) is 18.0. The van der Waals surface area contributed by atoms with E-state index < -0.39 is 44.6 Å². The Bertz CT molecular complexity index is 685. The van der Waals surface area contributed by atoms with Crippen LogP contribution >= 0.6 is 0 Å². The van der Waals surface area contributed by atoms with Gasteiger partial charge in [-0.25, -0.2) is 22.2 Å². The van der Waals surface area contributed by atoms with Crippen molar-refractivity contribution in [1.82, 2.24) is 9.71 Å². The van der Waals surface area contributed by atoms with Gasteiger partial charge in [0.05, 0.1) is 6.20 Å². The number of sulfonamides is 1. The smallest absolute Gasteiger partial charge is 0.250 e. The first-order valence-electron chi connectivity index (χ1n) is 7.32. The Balaban J connectivity index is 2.09. The third kappa shape index (κ3) is 5.07. The topological polar surface area (TPSA) is 97.8 Å². The average molecular weight is 366 g/mol. The van der Waals surface area contributed by atoms with Crippen LogP contribution in [0.5, 0.6) is 5.88 Å². The van der Waals surface area contributed by atoms with Gasteiger partial charge in [0.1, 0.15) is 22.9 Å². The van der Waals surface area contributed by atoms with Crippen molar-refractivity contribution in [2.45, 2.75) is 43.0 Å². The fourth-order valence-electron chi connectivity index (χ4n) is 2.13. The first kappa shape index (κ1) is 19.0. The van der Waals surface area contributed by atoms with Crippen LogP contribution in [0.4, 0.5) is 8.78 Å². The van der Waals surface area contributed by atoms with Gasteiger partial charge in [0.2, 0.25) is 10.0 Å². The van der Waals surface area contributed by atoms with E-state index in [9.17, 15) is 22.3 Å². The summed E-state index contributed by atoms with van der Waals surface area (Å²) in [6.45, 7) is 2.57. The number of aliphatic hydroxyl groups is 1. The molecule has 0 saturated carbocycles. The lowest BCUT2D eigenvalue weighted by molar-refractivity contribution is -0.0337. The summed E-state index contributed by atoms with van der Waals surface area (Å²) in [5.74, 6) is -1.52. The Morgan fingerprint density at radius 1 is 1.46 bits per heavy atom. The highest BCUT2D eigenvalue weighted by molar-refractivity contribution is 7.89. The molecule has 1 aliphatic rings. The van der Waals surface area contributed by atoms with Crippen LogP contribution in [0.3, 0.4) is 0 Å². The number of nitrogens with zero attached hydrogens (tertiary/aromatic N) is 1. The van der Waals surface area contributed by atoms with Crippen LogP contribution in [0.2, 0.25) is 0 Å². The van der Waals surface area contributed by atoms with Gasteiger partial charge in [-0.2, -0.15) is 4.72 Å². The molecular weight excluding hydrogens is 346 g/mol. The van der Waals surface area contributed by atoms with E-state index >= 15 is 0 Å². The number of hydrogen-bond acceptors (Lipinski definition) is 6. The maximum atomic E-state index is 14.4. The highest BCUT2D eigenvalue weighted by atomic mass is 32.2. The van der Waals surface area contributed by atoms with Gasteiger partial charge in [-0.1, -0.05) is 0 Å². The summed E-state index contributed by atoms with van der Waals surface area (Å²) in [5.41, 5.74) is -3.34. The summed E-state index contributed by atoms with van der Waals surface area (Å²) in [6, 6.07) is 0.700. The van der Waals surface area contributed by atoms with E-state index in [4.69, 9.17) is 9.47 Å². The van der Waals surface area contributed by atoms with Crippen molar-refractivity contribution in [3.8, 4) is 5.88 Å². The maximum Gasteiger partial charge on any atom is 0.250 e. The second-order valence-electron chi connectivity index (χ2n) is 6.17. The minimum Gasteiger partial charge on any atom is -0.472 e. The number of alkyl halides is 1. The number of halogens is 2. The summed E-state index contributed by atoms with van der Waals surface area (Å²) < 4.78 is 64.4. The predicted molar refractivity (Wildman–Crippen MR) is 80.2 cm³/mol. The van der Waals surface area contributed by atoms with Crippen molar-refractivity contribution < 1.29 is 31.8 Å². The van der Waals surface area contributed by atoms with Crippen molar-refractivity contribution in [2.24, 2.45) is 0 Å². The van der Waals surface area contributed by atoms with Crippen LogP contribution in [0, 0.1) is 5.82 Å². The van der Waals surface area contributed by atoms with Crippen molar-refractivity contribution >= 4 is 10.0 Å². The second kappa shape index (κ2) is 6.87. The maximum absolute atomic E-state index is 14.4. The quantitative estimate of drug-likeness (QED) is 0.733. The zero-order valence-corrected chi connectivity index (χ0v) is 14.2. The highest BCUT2D eigenvalue weighted by Gasteiger charge is 2.34. The first-order chi connectivity index (χ1) is 11.0. The number of aromatic nitrogens is 1. The van der Waals surface area contributed by atoms with Crippen molar-refractivity contribution in [1.29, 1.82) is 0 Å². The van der Waals surface area contributed by atoms with Gasteiger partial charge in [-0.15, -0.1) is 0 Å². The second-order valence-corrected chi connectivity index (χ2v) is 7.86. The summed E-state index contributed by atoms with van der Waals surface area (Å²) in [5, 5.41) is 9.51. The van der Waals surface area contributed by atoms with Crippen LogP contribution in [0.1, 0.15) is 26.7 Å². The summed E-state index contributed by atoms with van der Waals surface area (Å²) in [6.07, 6.45) is 1.15. The van der Waals surface area contributed by atoms with Crippen LogP contribution < -0.4 is 9.46 Å². The number of hydrogen-bond donors (Lipinski definition) is 2. The van der Waals surface area contributed by atoms with Crippen molar-refractivity contribution in [3.05, 3.63) is 18.1 Å². The molecule has 24 heavy (non-hydrogen) atoms. The molecule has 7 nitrogen and oxygen atoms in total. The average Bonchev–Trinajstić information content (AvgIpc) is 2.44. The molecule has 0 aliphatic carbocycles. The Morgan fingerprint density at radius 2 is 2.08 bits per heavy atom. The fourth-order valence-corrected chi connectivity index (χ4v) is 3.35. The van der Waals surface area contributed by atoms with Crippen LogP contribution in [-0.2, 0) is 14.8 Å². The van der Waals surface area contributed by atoms with Gasteiger partial charge >= 0.3 is 0 Å². The highest BCUT2D eigenvalue weighted by Crippen LogP contribution is 2.27. The fraction of sp³-hybridized carbons (Fsp3) is 0.643. The largest absolute Gasteiger partial charge is 0.472 e. The lowest BCUT2D eigenvalue weighted by atomic mass is 9.98. The van der Waals surface area contributed by atoms with Crippen LogP contribution in [0.25, 0.3) is 0 Å². The number of rotatable bonds is 6. The van der Waals surface area contributed by atoms with Gasteiger partial charge < -0.3 is 14.6 Å². The Hall–Kier alpha value is -1.36. The molecule has 0 unspecified atom stereocenters. The molecule has 1 aromatic heterocycles. The third-order valence-corrected chi connectivity index (χ3v) is 4.95. The molecule has 1 aromatic rings. The van der Waals surface area contributed by atoms with Crippen LogP contribution in [0.15, 0.2) is 17.2 Å². The third-order valence-electron chi connectivity index (χ3n) is 3.33. The number of ether oxygens (including phenoxy) is 2. The molecule has 2 N–H and O–H groups in total. The summed E-state index contributed by atoms with van der Waals surface area (Å²) in [7, 11) is -4.15. The normalized spacial score (nSPS) is 18.4. The molecule has 0 atom stereocenters. The molecule has 1 fully saturated rings. The molecule has 0 spiro atoms. The van der Waals surface area contributed by atoms with Gasteiger partial charge in [-0.05, 0) is 13.8 Å². The van der Waals surface area contributed by atoms with Gasteiger partial charge in [0.25, 0.3) is 5.88 Å². The standard InChI is InChI=1S/C14H20F2N2O5S/c1-13(2,19)18-24(20,21)10-7-11(15)12(17-8-10)23-9-14(16)3-5-22-6-4-14/h7-8,18-19H,3-6,9H2,1-2H3. The van der Waals surface area contributed by atoms with Gasteiger partial charge in [0, 0.05) is 32.1 Å². The van der Waals surface area contributed by atoms with Crippen molar-refractivity contribution in [3.63, 3.8) is 0 Å². The zero-order valence-electron chi connectivity index (χ0n) is 13.4. The molecule has 0 amide bonds. The lowest BCUT2D eigenvalue weighted by Gasteiger charge is -2.29. The summed E-state index contributed by atoms with van der Waals surface area (Å²) in [4.78, 5) is 3.12. The molecule has 0 bridgehead atoms. The molecule has 2 heterocycles. The van der Waals surface area contributed by atoms with E-state index in [2.05, 4.69) is 4.98 Å². The van der Waals surface area contributed by atoms with Crippen molar-refractivity contribution in [2.75, 3.05) is 19.8 Å². The molecule has 1 aliphatic heterocycles. The van der Waals surface area contributed by atoms with E-state index in [-0.39, 0.29) is 26.1 Å². The lowest BCUT2D eigenvalue weighted by Crippen LogP contribution is -2.43. The monoisotopic (exact) mass is 366 g/mol. The van der Waals surface area contributed by atoms with E-state index in [0.29, 0.717) is 6.07 Å². The van der Waals surface area contributed by atoms with E-state index in [0.717, 1.165) is 6.20 Å². The van der Waals surface area contributed by atoms with Gasteiger partial charge in [-0.3, -0.25) is 0 Å². The number of pyridine rings is 1. The SMILES string of the molecule is CC(C)(O)NS(=O)(=O)c1cnc(OCC2(F)CCOCC2)c(F)c1. The minimum atomic E-state index is -4.15. The molecule has 136 valence electrons. The molecular formula is C14H20F2N2O5S. The first-order valence-corrected chi connectivity index (χ1v) is 8.80. The molecule has 1 saturated heterocycles. The predicted octanol–water partition coefficient (Wildman–Crippen LogP) is 1.12. The Labute approximate surface area is 139 Å². The molecule has 2 rings (SSSR count). The minimum absolute atomic E-state index is 0.136. The Kier molecular flexibility index (Phi) is 5.43. The van der Waals surface area contributed by atoms with Gasteiger partial charge in [0.15, 0.2) is 5.82 Å². The van der Waals surface area contributed by atoms with E-state index in [1.54, 1.807) is 0 Å². The summed E-state index contributed by atoms with van der Waals surface area (Å²) >= 11 is 0. The Morgan fingerprint density at radius 3 is 2.62 bits per heavy atom. The van der Waals surface area contributed by atoms with E-state index in [1.807, 2.05) is 4.72 Å². The van der Waals surface area contributed by atoms with E-state index in [1.165, 1.54) is 13.8 Å². The molecule has 10 heteroatoms. The van der Waals surface area contributed by atoms with Crippen LogP contribution in [-0.4, -0.2) is 49.7 Å². The number of nitrogens with one attached hydrogen (secondary N) is 1.